The standard InChI is InChI=1S/C9H17N4O3P3/c1-5-2-7(16-6(5)3-15-19(17)18)13-4-11-8(10)12-9(13)14/h4-7H,2-3,17-18H2,1H3,(H2,10,12,14)/t5?,6-,7-/m1/s1. The van der Waals surface area contributed by atoms with Crippen LogP contribution >= 0.6 is 25.4 Å². The molecule has 0 aliphatic carbocycles. The molecule has 1 aromatic heterocycles. The van der Waals surface area contributed by atoms with Crippen LogP contribution in [0.15, 0.2) is 11.1 Å². The maximum absolute atomic E-state index is 11.7. The summed E-state index contributed by atoms with van der Waals surface area (Å²) in [5.74, 6) is 0.281. The van der Waals surface area contributed by atoms with Crippen LogP contribution in [-0.4, -0.2) is 27.2 Å². The lowest BCUT2D eigenvalue weighted by Crippen LogP contribution is -2.28. The molecule has 10 heteroatoms. The summed E-state index contributed by atoms with van der Waals surface area (Å²) in [6.45, 7) is 2.59. The molecule has 5 atom stereocenters. The van der Waals surface area contributed by atoms with E-state index in [-0.39, 0.29) is 18.3 Å². The van der Waals surface area contributed by atoms with E-state index < -0.39 is 13.2 Å². The molecule has 7 nitrogen and oxygen atoms in total. The molecule has 1 fully saturated rings. The van der Waals surface area contributed by atoms with E-state index in [1.807, 2.05) is 0 Å². The number of aromatic nitrogens is 3. The minimum atomic E-state index is -0.571. The number of hydrogen-bond acceptors (Lipinski definition) is 6. The first-order valence-corrected chi connectivity index (χ1v) is 10.3. The van der Waals surface area contributed by atoms with Crippen LogP contribution in [0.4, 0.5) is 5.95 Å². The van der Waals surface area contributed by atoms with Gasteiger partial charge in [0.05, 0.1) is 20.2 Å². The Labute approximate surface area is 116 Å². The van der Waals surface area contributed by atoms with Gasteiger partial charge in [0.25, 0.3) is 0 Å². The van der Waals surface area contributed by atoms with Crippen LogP contribution in [0.3, 0.4) is 0 Å². The zero-order chi connectivity index (χ0) is 14.0. The summed E-state index contributed by atoms with van der Waals surface area (Å²) in [5, 5.41) is 0. The van der Waals surface area contributed by atoms with Gasteiger partial charge in [-0.1, -0.05) is 24.8 Å². The smallest absolute Gasteiger partial charge is 0.354 e. The van der Waals surface area contributed by atoms with Crippen molar-refractivity contribution in [2.75, 3.05) is 12.3 Å². The number of nitrogens with two attached hydrogens (primary N) is 1. The highest BCUT2D eigenvalue weighted by molar-refractivity contribution is 8.41. The van der Waals surface area contributed by atoms with Crippen molar-refractivity contribution in [2.45, 2.75) is 25.7 Å². The van der Waals surface area contributed by atoms with E-state index in [1.165, 1.54) is 10.9 Å². The van der Waals surface area contributed by atoms with Crippen molar-refractivity contribution in [3.63, 3.8) is 0 Å². The molecule has 0 bridgehead atoms. The van der Waals surface area contributed by atoms with Crippen LogP contribution in [-0.2, 0) is 9.26 Å². The monoisotopic (exact) mass is 322 g/mol. The average Bonchev–Trinajstić information content (AvgIpc) is 2.67. The highest BCUT2D eigenvalue weighted by Gasteiger charge is 2.34. The second kappa shape index (κ2) is 6.51. The molecule has 2 heterocycles. The molecule has 19 heavy (non-hydrogen) atoms. The minimum Gasteiger partial charge on any atom is -0.368 e. The fraction of sp³-hybridized carbons (Fsp3) is 0.667. The fourth-order valence-electron chi connectivity index (χ4n) is 1.96. The molecule has 0 aromatic carbocycles. The Morgan fingerprint density at radius 1 is 1.68 bits per heavy atom. The Hall–Kier alpha value is -0.180. The van der Waals surface area contributed by atoms with E-state index in [9.17, 15) is 4.79 Å². The molecular weight excluding hydrogens is 305 g/mol. The molecule has 1 saturated heterocycles. The van der Waals surface area contributed by atoms with E-state index in [2.05, 4.69) is 34.7 Å². The highest BCUT2D eigenvalue weighted by Crippen LogP contribution is 2.54. The van der Waals surface area contributed by atoms with Crippen LogP contribution in [0.1, 0.15) is 19.6 Å². The average molecular weight is 322 g/mol. The van der Waals surface area contributed by atoms with E-state index in [0.717, 1.165) is 6.42 Å². The van der Waals surface area contributed by atoms with Crippen LogP contribution in [0.2, 0.25) is 0 Å². The van der Waals surface area contributed by atoms with Crippen molar-refractivity contribution in [3.05, 3.63) is 16.8 Å². The molecule has 0 saturated carbocycles. The van der Waals surface area contributed by atoms with E-state index in [1.54, 1.807) is 0 Å². The van der Waals surface area contributed by atoms with Crippen molar-refractivity contribution in [1.82, 2.24) is 14.5 Å². The summed E-state index contributed by atoms with van der Waals surface area (Å²) in [6.07, 6.45) is 1.73. The Bertz CT molecular complexity index is 498. The predicted molar refractivity (Wildman–Crippen MR) is 80.7 cm³/mol. The first kappa shape index (κ1) is 15.2. The fourth-order valence-corrected chi connectivity index (χ4v) is 2.79. The number of hydrogen-bond donors (Lipinski definition) is 1. The van der Waals surface area contributed by atoms with Crippen molar-refractivity contribution in [2.24, 2.45) is 5.92 Å². The maximum atomic E-state index is 11.7. The van der Waals surface area contributed by atoms with Gasteiger partial charge in [0.15, 0.2) is 0 Å². The molecule has 3 unspecified atom stereocenters. The lowest BCUT2D eigenvalue weighted by atomic mass is 10.0. The number of rotatable bonds is 4. The van der Waals surface area contributed by atoms with Gasteiger partial charge in [-0.05, 0) is 12.3 Å². The first-order valence-electron chi connectivity index (χ1n) is 5.76. The minimum absolute atomic E-state index is 0.0242. The molecule has 0 radical (unpaired) electrons. The topological polar surface area (TPSA) is 92.3 Å². The van der Waals surface area contributed by atoms with Crippen LogP contribution in [0.5, 0.6) is 0 Å². The van der Waals surface area contributed by atoms with Crippen LogP contribution < -0.4 is 11.4 Å². The van der Waals surface area contributed by atoms with Crippen molar-refractivity contribution >= 4 is 31.3 Å². The van der Waals surface area contributed by atoms with Crippen LogP contribution in [0.25, 0.3) is 0 Å². The molecular formula is C9H17N4O3P3. The summed E-state index contributed by atoms with van der Waals surface area (Å²) in [6, 6.07) is 0. The summed E-state index contributed by atoms with van der Waals surface area (Å²) in [5.41, 5.74) is 4.92. The zero-order valence-corrected chi connectivity index (χ0v) is 13.7. The summed E-state index contributed by atoms with van der Waals surface area (Å²) < 4.78 is 12.8. The number of nitrogen functional groups attached to an aromatic ring is 1. The summed E-state index contributed by atoms with van der Waals surface area (Å²) in [4.78, 5) is 19.1. The van der Waals surface area contributed by atoms with Crippen molar-refractivity contribution in [3.8, 4) is 0 Å². The number of anilines is 1. The molecule has 1 aromatic rings. The Morgan fingerprint density at radius 3 is 3.05 bits per heavy atom. The Morgan fingerprint density at radius 2 is 2.42 bits per heavy atom. The third-order valence-electron chi connectivity index (χ3n) is 2.98. The highest BCUT2D eigenvalue weighted by atomic mass is 32.4. The van der Waals surface area contributed by atoms with E-state index in [0.29, 0.717) is 12.5 Å². The second-order valence-electron chi connectivity index (χ2n) is 4.40. The predicted octanol–water partition coefficient (Wildman–Crippen LogP) is 1.14. The van der Waals surface area contributed by atoms with E-state index in [4.69, 9.17) is 15.0 Å². The molecule has 1 aliphatic rings. The lowest BCUT2D eigenvalue weighted by molar-refractivity contribution is -0.0244. The third kappa shape index (κ3) is 3.90. The summed E-state index contributed by atoms with van der Waals surface area (Å²) in [7, 11) is 4.63. The van der Waals surface area contributed by atoms with Gasteiger partial charge >= 0.3 is 5.69 Å². The molecule has 0 spiro atoms. The van der Waals surface area contributed by atoms with Gasteiger partial charge < -0.3 is 15.0 Å². The largest absolute Gasteiger partial charge is 0.368 e. The van der Waals surface area contributed by atoms with Gasteiger partial charge in [0.2, 0.25) is 5.95 Å². The van der Waals surface area contributed by atoms with Gasteiger partial charge in [-0.2, -0.15) is 4.98 Å². The van der Waals surface area contributed by atoms with E-state index >= 15 is 0 Å². The van der Waals surface area contributed by atoms with Gasteiger partial charge in [0, 0.05) is 0 Å². The normalized spacial score (nSPS) is 27.1. The van der Waals surface area contributed by atoms with Gasteiger partial charge in [0.1, 0.15) is 12.6 Å². The Balaban J connectivity index is 2.05. The third-order valence-corrected chi connectivity index (χ3v) is 4.33. The molecule has 0 amide bonds. The van der Waals surface area contributed by atoms with Crippen LogP contribution in [0, 0.1) is 5.92 Å². The molecule has 1 aliphatic heterocycles. The molecule has 2 rings (SSSR count). The zero-order valence-electron chi connectivity index (χ0n) is 10.5. The quantitative estimate of drug-likeness (QED) is 0.836. The van der Waals surface area contributed by atoms with Crippen molar-refractivity contribution < 1.29 is 9.26 Å². The van der Waals surface area contributed by atoms with Gasteiger partial charge in [-0.15, -0.1) is 0 Å². The first-order chi connectivity index (χ1) is 8.97. The molecule has 2 N–H and O–H groups in total. The number of ether oxygens (including phenoxy) is 1. The van der Waals surface area contributed by atoms with Crippen molar-refractivity contribution in [1.29, 1.82) is 0 Å². The SMILES string of the molecule is CC1C[C@H](n2cnc(N)nc2=O)O[C@@H]1COP(P)P. The lowest BCUT2D eigenvalue weighted by Gasteiger charge is -2.17. The van der Waals surface area contributed by atoms with Gasteiger partial charge in [-0.25, -0.2) is 9.78 Å². The summed E-state index contributed by atoms with van der Waals surface area (Å²) >= 11 is 0. The maximum Gasteiger partial charge on any atom is 0.354 e. The molecule has 106 valence electrons. The number of nitrogens with zero attached hydrogens (tertiary/aromatic N) is 3. The Kier molecular flexibility index (Phi) is 5.22. The second-order valence-corrected chi connectivity index (χ2v) is 10.2. The van der Waals surface area contributed by atoms with Gasteiger partial charge in [-0.3, -0.25) is 4.57 Å².